The summed E-state index contributed by atoms with van der Waals surface area (Å²) < 4.78 is 27.3. The van der Waals surface area contributed by atoms with E-state index in [1.54, 1.807) is 24.3 Å². The summed E-state index contributed by atoms with van der Waals surface area (Å²) in [5, 5.41) is 0.517. The molecule has 0 aliphatic rings. The zero-order valence-electron chi connectivity index (χ0n) is 18.4. The van der Waals surface area contributed by atoms with Gasteiger partial charge in [0.15, 0.2) is 17.2 Å². The summed E-state index contributed by atoms with van der Waals surface area (Å²) in [5.41, 5.74) is 1.07. The van der Waals surface area contributed by atoms with Crippen LogP contribution in [-0.2, 0) is 6.42 Å². The lowest BCUT2D eigenvalue weighted by atomic mass is 10.0. The highest BCUT2D eigenvalue weighted by Crippen LogP contribution is 2.39. The predicted octanol–water partition coefficient (Wildman–Crippen LogP) is 4.63. The highest BCUT2D eigenvalue weighted by Gasteiger charge is 2.23. The van der Waals surface area contributed by atoms with Gasteiger partial charge in [-0.05, 0) is 29.8 Å². The Balaban J connectivity index is 1.82. The van der Waals surface area contributed by atoms with E-state index in [4.69, 9.17) is 23.4 Å². The number of carbonyl (C=O) groups is 1. The van der Waals surface area contributed by atoms with E-state index >= 15 is 0 Å². The van der Waals surface area contributed by atoms with Crippen molar-refractivity contribution in [3.63, 3.8) is 0 Å². The molecule has 0 aliphatic carbocycles. The Bertz CT molecular complexity index is 1330. The molecule has 4 rings (SSSR count). The molecule has 0 spiro atoms. The van der Waals surface area contributed by atoms with Gasteiger partial charge in [0.2, 0.25) is 5.75 Å². The number of fused-ring (bicyclic) bond motifs is 1. The smallest absolute Gasteiger partial charge is 0.343 e. The minimum atomic E-state index is -0.681. The van der Waals surface area contributed by atoms with Gasteiger partial charge in [-0.25, -0.2) is 9.59 Å². The molecule has 0 unspecified atom stereocenters. The molecule has 1 heterocycles. The molecule has 33 heavy (non-hydrogen) atoms. The number of methoxy groups -OCH3 is 3. The molecule has 7 heteroatoms. The Morgan fingerprint density at radius 3 is 2.09 bits per heavy atom. The van der Waals surface area contributed by atoms with Crippen molar-refractivity contribution in [2.75, 3.05) is 21.3 Å². The van der Waals surface area contributed by atoms with Crippen LogP contribution in [0.15, 0.2) is 75.9 Å². The van der Waals surface area contributed by atoms with Crippen LogP contribution in [0.5, 0.6) is 23.0 Å². The lowest BCUT2D eigenvalue weighted by molar-refractivity contribution is 0.0734. The molecule has 0 atom stereocenters. The van der Waals surface area contributed by atoms with Gasteiger partial charge in [-0.15, -0.1) is 0 Å². The van der Waals surface area contributed by atoms with Crippen molar-refractivity contribution in [1.29, 1.82) is 0 Å². The van der Waals surface area contributed by atoms with E-state index in [1.807, 2.05) is 30.3 Å². The van der Waals surface area contributed by atoms with Crippen LogP contribution < -0.4 is 24.6 Å². The molecule has 0 radical (unpaired) electrons. The van der Waals surface area contributed by atoms with Crippen LogP contribution in [0.4, 0.5) is 0 Å². The van der Waals surface area contributed by atoms with Crippen LogP contribution in [-0.4, -0.2) is 27.3 Å². The topological polar surface area (TPSA) is 84.2 Å². The predicted molar refractivity (Wildman–Crippen MR) is 123 cm³/mol. The van der Waals surface area contributed by atoms with E-state index in [0.717, 1.165) is 5.56 Å². The van der Waals surface area contributed by atoms with Gasteiger partial charge in [0.05, 0.1) is 37.8 Å². The third-order valence-corrected chi connectivity index (χ3v) is 5.17. The van der Waals surface area contributed by atoms with E-state index in [-0.39, 0.29) is 23.3 Å². The number of ether oxygens (including phenoxy) is 4. The largest absolute Gasteiger partial charge is 0.493 e. The summed E-state index contributed by atoms with van der Waals surface area (Å²) in [6.45, 7) is 0. The fourth-order valence-electron chi connectivity index (χ4n) is 3.58. The zero-order chi connectivity index (χ0) is 23.4. The van der Waals surface area contributed by atoms with Crippen molar-refractivity contribution in [3.8, 4) is 23.0 Å². The summed E-state index contributed by atoms with van der Waals surface area (Å²) in [7, 11) is 4.39. The quantitative estimate of drug-likeness (QED) is 0.302. The Hall–Kier alpha value is -4.26. The Kier molecular flexibility index (Phi) is 6.31. The van der Waals surface area contributed by atoms with Crippen LogP contribution in [0.2, 0.25) is 0 Å². The number of hydrogen-bond donors (Lipinski definition) is 0. The second kappa shape index (κ2) is 9.48. The third-order valence-electron chi connectivity index (χ3n) is 5.17. The first-order chi connectivity index (χ1) is 16.0. The maximum atomic E-state index is 13.2. The van der Waals surface area contributed by atoms with Crippen molar-refractivity contribution in [1.82, 2.24) is 0 Å². The monoisotopic (exact) mass is 446 g/mol. The summed E-state index contributed by atoms with van der Waals surface area (Å²) in [6, 6.07) is 19.3. The first-order valence-corrected chi connectivity index (χ1v) is 10.2. The molecule has 4 aromatic rings. The van der Waals surface area contributed by atoms with Crippen LogP contribution in [0.25, 0.3) is 11.0 Å². The van der Waals surface area contributed by atoms with Crippen LogP contribution in [0.1, 0.15) is 21.5 Å². The molecule has 0 saturated heterocycles. The number of benzene rings is 3. The van der Waals surface area contributed by atoms with Gasteiger partial charge in [0.25, 0.3) is 0 Å². The SMILES string of the molecule is COc1cc(C(=O)Oc2c(Cc3ccccc3)c(=O)oc3ccccc23)cc(OC)c1OC. The standard InChI is InChI=1S/C26H22O7/c1-29-21-14-17(15-22(30-2)24(21)31-3)25(27)33-23-18-11-7-8-12-20(18)32-26(28)19(23)13-16-9-5-4-6-10-16/h4-12,14-15H,13H2,1-3H3. The van der Waals surface area contributed by atoms with Gasteiger partial charge in [-0.2, -0.15) is 0 Å². The number of para-hydroxylation sites is 1. The summed E-state index contributed by atoms with van der Waals surface area (Å²) >= 11 is 0. The van der Waals surface area contributed by atoms with Crippen molar-refractivity contribution < 1.29 is 28.2 Å². The van der Waals surface area contributed by atoms with E-state index in [2.05, 4.69) is 0 Å². The minimum Gasteiger partial charge on any atom is -0.493 e. The molecule has 3 aromatic carbocycles. The van der Waals surface area contributed by atoms with Gasteiger partial charge in [0, 0.05) is 6.42 Å². The fourth-order valence-corrected chi connectivity index (χ4v) is 3.58. The molecule has 0 fully saturated rings. The highest BCUT2D eigenvalue weighted by molar-refractivity contribution is 5.95. The summed E-state index contributed by atoms with van der Waals surface area (Å²) in [5.74, 6) is 0.451. The lowest BCUT2D eigenvalue weighted by Gasteiger charge is -2.15. The van der Waals surface area contributed by atoms with Crippen molar-refractivity contribution in [3.05, 3.63) is 93.8 Å². The molecule has 0 aliphatic heterocycles. The zero-order valence-corrected chi connectivity index (χ0v) is 18.4. The molecular formula is C26H22O7. The average Bonchev–Trinajstić information content (AvgIpc) is 2.85. The Labute approximate surface area is 190 Å². The summed E-state index contributed by atoms with van der Waals surface area (Å²) in [4.78, 5) is 26.0. The normalized spacial score (nSPS) is 10.6. The van der Waals surface area contributed by atoms with Gasteiger partial charge in [-0.3, -0.25) is 0 Å². The first-order valence-electron chi connectivity index (χ1n) is 10.2. The number of hydrogen-bond acceptors (Lipinski definition) is 7. The van der Waals surface area contributed by atoms with Gasteiger partial charge < -0.3 is 23.4 Å². The van der Waals surface area contributed by atoms with E-state index in [1.165, 1.54) is 33.5 Å². The van der Waals surface area contributed by atoms with Crippen LogP contribution in [0.3, 0.4) is 0 Å². The molecule has 7 nitrogen and oxygen atoms in total. The summed E-state index contributed by atoms with van der Waals surface area (Å²) in [6.07, 6.45) is 0.242. The minimum absolute atomic E-state index is 0.157. The van der Waals surface area contributed by atoms with Gasteiger partial charge in [0.1, 0.15) is 5.58 Å². The second-order valence-corrected chi connectivity index (χ2v) is 7.16. The molecule has 1 aromatic heterocycles. The molecule has 0 N–H and O–H groups in total. The van der Waals surface area contributed by atoms with Crippen molar-refractivity contribution >= 4 is 16.9 Å². The third kappa shape index (κ3) is 4.39. The highest BCUT2D eigenvalue weighted by atomic mass is 16.5. The molecular weight excluding hydrogens is 424 g/mol. The molecule has 0 amide bonds. The maximum Gasteiger partial charge on any atom is 0.343 e. The Morgan fingerprint density at radius 1 is 0.818 bits per heavy atom. The molecule has 0 bridgehead atoms. The van der Waals surface area contributed by atoms with Crippen LogP contribution >= 0.6 is 0 Å². The van der Waals surface area contributed by atoms with Gasteiger partial charge >= 0.3 is 11.6 Å². The second-order valence-electron chi connectivity index (χ2n) is 7.16. The fraction of sp³-hybridized carbons (Fsp3) is 0.154. The lowest BCUT2D eigenvalue weighted by Crippen LogP contribution is -2.16. The van der Waals surface area contributed by atoms with E-state index < -0.39 is 11.6 Å². The maximum absolute atomic E-state index is 13.2. The van der Waals surface area contributed by atoms with E-state index in [0.29, 0.717) is 28.2 Å². The van der Waals surface area contributed by atoms with Crippen LogP contribution in [0, 0.1) is 0 Å². The molecule has 0 saturated carbocycles. The van der Waals surface area contributed by atoms with Crippen molar-refractivity contribution in [2.24, 2.45) is 0 Å². The number of esters is 1. The Morgan fingerprint density at radius 2 is 1.45 bits per heavy atom. The number of carbonyl (C=O) groups excluding carboxylic acids is 1. The first kappa shape index (κ1) is 22.0. The van der Waals surface area contributed by atoms with E-state index in [9.17, 15) is 9.59 Å². The molecule has 168 valence electrons. The van der Waals surface area contributed by atoms with Gasteiger partial charge in [-0.1, -0.05) is 42.5 Å². The van der Waals surface area contributed by atoms with Crippen molar-refractivity contribution in [2.45, 2.75) is 6.42 Å². The average molecular weight is 446 g/mol. The number of rotatable bonds is 7.